The van der Waals surface area contributed by atoms with Crippen LogP contribution in [-0.4, -0.2) is 30.6 Å². The number of fused-ring (bicyclic) bond motifs is 5. The van der Waals surface area contributed by atoms with Crippen molar-refractivity contribution in [2.75, 3.05) is 19.0 Å². The normalized spacial score (nSPS) is 45.5. The van der Waals surface area contributed by atoms with Gasteiger partial charge in [-0.15, -0.1) is 0 Å². The number of nitrogens with zero attached hydrogens (tertiary/aromatic N) is 1. The van der Waals surface area contributed by atoms with Gasteiger partial charge in [-0.05, 0) is 123 Å². The lowest BCUT2D eigenvalue weighted by Crippen LogP contribution is -2.55. The highest BCUT2D eigenvalue weighted by Crippen LogP contribution is 2.68. The van der Waals surface area contributed by atoms with Crippen LogP contribution >= 0.6 is 0 Å². The van der Waals surface area contributed by atoms with Crippen molar-refractivity contribution < 1.29 is 9.90 Å². The number of carbonyl (C=O) groups excluding carboxylic acids is 1. The van der Waals surface area contributed by atoms with Crippen LogP contribution in [0.2, 0.25) is 0 Å². The summed E-state index contributed by atoms with van der Waals surface area (Å²) in [6.07, 6.45) is 10.4. The maximum atomic E-state index is 13.7. The molecule has 0 amide bonds. The first-order valence-corrected chi connectivity index (χ1v) is 13.1. The van der Waals surface area contributed by atoms with E-state index in [0.29, 0.717) is 23.0 Å². The molecule has 0 radical (unpaired) electrons. The number of benzene rings is 1. The van der Waals surface area contributed by atoms with Crippen LogP contribution in [0, 0.1) is 40.4 Å². The van der Waals surface area contributed by atoms with Crippen LogP contribution in [0.5, 0.6) is 0 Å². The SMILES string of the molecule is CN(C)c1ccc(C(=O)[C@H]2CC[C@H]3[C@@H]4CC[C@H]5C[C@](C)(O)CC[C@]5(C)[C@H]4CC[C@]23C)cc1. The average molecular weight is 438 g/mol. The van der Waals surface area contributed by atoms with Gasteiger partial charge in [0.25, 0.3) is 0 Å². The van der Waals surface area contributed by atoms with E-state index in [1.54, 1.807) is 0 Å². The van der Waals surface area contributed by atoms with Crippen molar-refractivity contribution in [2.45, 2.75) is 84.2 Å². The predicted molar refractivity (Wildman–Crippen MR) is 131 cm³/mol. The fourth-order valence-corrected chi connectivity index (χ4v) is 8.99. The van der Waals surface area contributed by atoms with Gasteiger partial charge in [-0.25, -0.2) is 0 Å². The second-order valence-electron chi connectivity index (χ2n) is 12.8. The van der Waals surface area contributed by atoms with Crippen molar-refractivity contribution in [3.8, 4) is 0 Å². The van der Waals surface area contributed by atoms with Crippen LogP contribution in [0.1, 0.15) is 88.9 Å². The molecule has 3 heteroatoms. The summed E-state index contributed by atoms with van der Waals surface area (Å²) in [5.74, 6) is 3.47. The Kier molecular flexibility index (Phi) is 5.32. The van der Waals surface area contributed by atoms with Crippen LogP contribution in [0.25, 0.3) is 0 Å². The summed E-state index contributed by atoms with van der Waals surface area (Å²) in [4.78, 5) is 15.8. The van der Waals surface area contributed by atoms with Crippen molar-refractivity contribution >= 4 is 11.5 Å². The molecule has 3 nitrogen and oxygen atoms in total. The lowest BCUT2D eigenvalue weighted by molar-refractivity contribution is -0.144. The Hall–Kier alpha value is -1.35. The number of carbonyl (C=O) groups is 1. The minimum Gasteiger partial charge on any atom is -0.390 e. The first-order valence-electron chi connectivity index (χ1n) is 13.1. The van der Waals surface area contributed by atoms with E-state index in [1.807, 2.05) is 26.2 Å². The number of aliphatic hydroxyl groups is 1. The van der Waals surface area contributed by atoms with Crippen LogP contribution < -0.4 is 4.90 Å². The van der Waals surface area contributed by atoms with E-state index in [-0.39, 0.29) is 11.3 Å². The summed E-state index contributed by atoms with van der Waals surface area (Å²) in [5, 5.41) is 10.7. The minimum absolute atomic E-state index is 0.155. The molecule has 0 unspecified atom stereocenters. The second-order valence-corrected chi connectivity index (χ2v) is 12.8. The molecule has 4 fully saturated rings. The van der Waals surface area contributed by atoms with Crippen molar-refractivity contribution in [3.63, 3.8) is 0 Å². The van der Waals surface area contributed by atoms with Gasteiger partial charge in [-0.2, -0.15) is 0 Å². The summed E-state index contributed by atoms with van der Waals surface area (Å²) >= 11 is 0. The summed E-state index contributed by atoms with van der Waals surface area (Å²) in [6, 6.07) is 8.25. The molecule has 0 spiro atoms. The van der Waals surface area contributed by atoms with Crippen LogP contribution in [0.15, 0.2) is 24.3 Å². The molecule has 4 saturated carbocycles. The van der Waals surface area contributed by atoms with Gasteiger partial charge in [0, 0.05) is 31.3 Å². The standard InChI is InChI=1S/C29H43NO2/c1-27(32)16-17-28(2)20(18-27)8-11-22-23-12-13-25(29(23,3)15-14-24(22)28)26(31)19-6-9-21(10-7-19)30(4)5/h6-7,9-10,20,22-25,32H,8,11-18H2,1-5H3/t20-,22-,23-,24-,25+,27+,28-,29-/m0/s1. The number of hydrogen-bond donors (Lipinski definition) is 1. The van der Waals surface area contributed by atoms with Gasteiger partial charge >= 0.3 is 0 Å². The smallest absolute Gasteiger partial charge is 0.166 e. The lowest BCUT2D eigenvalue weighted by atomic mass is 9.44. The van der Waals surface area contributed by atoms with Gasteiger partial charge in [0.1, 0.15) is 0 Å². The fourth-order valence-electron chi connectivity index (χ4n) is 8.99. The molecule has 0 aromatic heterocycles. The Morgan fingerprint density at radius 2 is 1.56 bits per heavy atom. The minimum atomic E-state index is -0.465. The van der Waals surface area contributed by atoms with Crippen molar-refractivity contribution in [2.24, 2.45) is 40.4 Å². The molecule has 8 atom stereocenters. The van der Waals surface area contributed by atoms with Gasteiger partial charge in [-0.3, -0.25) is 4.79 Å². The summed E-state index contributed by atoms with van der Waals surface area (Å²) < 4.78 is 0. The van der Waals surface area contributed by atoms with Crippen LogP contribution in [-0.2, 0) is 0 Å². The number of anilines is 1. The first kappa shape index (κ1) is 22.4. The number of rotatable bonds is 3. The quantitative estimate of drug-likeness (QED) is 0.561. The zero-order chi connectivity index (χ0) is 22.9. The van der Waals surface area contributed by atoms with Gasteiger partial charge < -0.3 is 10.0 Å². The Morgan fingerprint density at radius 1 is 0.875 bits per heavy atom. The van der Waals surface area contributed by atoms with E-state index >= 15 is 0 Å². The van der Waals surface area contributed by atoms with Gasteiger partial charge in [0.2, 0.25) is 0 Å². The zero-order valence-electron chi connectivity index (χ0n) is 20.9. The van der Waals surface area contributed by atoms with E-state index in [1.165, 1.54) is 38.5 Å². The van der Waals surface area contributed by atoms with Crippen molar-refractivity contribution in [1.29, 1.82) is 0 Å². The molecule has 0 aliphatic heterocycles. The molecule has 0 heterocycles. The first-order chi connectivity index (χ1) is 15.1. The van der Waals surface area contributed by atoms with Crippen LogP contribution in [0.4, 0.5) is 5.69 Å². The third kappa shape index (κ3) is 3.37. The maximum Gasteiger partial charge on any atom is 0.166 e. The molecule has 176 valence electrons. The van der Waals surface area contributed by atoms with Crippen molar-refractivity contribution in [1.82, 2.24) is 0 Å². The number of Topliss-reactive ketones (excluding diaryl/α,β-unsaturated/α-hetero) is 1. The van der Waals surface area contributed by atoms with Crippen molar-refractivity contribution in [3.05, 3.63) is 29.8 Å². The topological polar surface area (TPSA) is 40.5 Å². The Balaban J connectivity index is 1.36. The molecular weight excluding hydrogens is 394 g/mol. The Morgan fingerprint density at radius 3 is 2.25 bits per heavy atom. The lowest BCUT2D eigenvalue weighted by Gasteiger charge is -2.61. The highest BCUT2D eigenvalue weighted by molar-refractivity contribution is 5.98. The summed E-state index contributed by atoms with van der Waals surface area (Å²) in [7, 11) is 4.08. The van der Waals surface area contributed by atoms with Gasteiger partial charge in [0.05, 0.1) is 5.60 Å². The zero-order valence-corrected chi connectivity index (χ0v) is 20.9. The highest BCUT2D eigenvalue weighted by Gasteiger charge is 2.61. The Bertz CT molecular complexity index is 874. The van der Waals surface area contributed by atoms with Crippen LogP contribution in [0.3, 0.4) is 0 Å². The largest absolute Gasteiger partial charge is 0.390 e. The van der Waals surface area contributed by atoms with E-state index in [0.717, 1.165) is 42.3 Å². The van der Waals surface area contributed by atoms with Gasteiger partial charge in [0.15, 0.2) is 5.78 Å². The molecule has 0 saturated heterocycles. The number of hydrogen-bond acceptors (Lipinski definition) is 3. The average Bonchev–Trinajstić information content (AvgIpc) is 3.11. The molecular formula is C29H43NO2. The molecule has 32 heavy (non-hydrogen) atoms. The summed E-state index contributed by atoms with van der Waals surface area (Å²) in [6.45, 7) is 7.06. The molecule has 4 aliphatic rings. The monoisotopic (exact) mass is 437 g/mol. The molecule has 5 rings (SSSR count). The molecule has 1 aromatic carbocycles. The summed E-state index contributed by atoms with van der Waals surface area (Å²) in [5.41, 5.74) is 2.12. The molecule has 4 aliphatic carbocycles. The molecule has 1 aromatic rings. The van der Waals surface area contributed by atoms with E-state index in [4.69, 9.17) is 0 Å². The maximum absolute atomic E-state index is 13.7. The molecule has 1 N–H and O–H groups in total. The third-order valence-corrected chi connectivity index (χ3v) is 10.9. The number of ketones is 1. The molecule has 0 bridgehead atoms. The second kappa shape index (κ2) is 7.58. The van der Waals surface area contributed by atoms with Gasteiger partial charge in [-0.1, -0.05) is 13.8 Å². The van der Waals surface area contributed by atoms with E-state index in [2.05, 4.69) is 37.8 Å². The fraction of sp³-hybridized carbons (Fsp3) is 0.759. The Labute approximate surface area is 195 Å². The third-order valence-electron chi connectivity index (χ3n) is 10.9. The van der Waals surface area contributed by atoms with E-state index in [9.17, 15) is 9.90 Å². The predicted octanol–water partition coefficient (Wildman–Crippen LogP) is 6.35. The highest BCUT2D eigenvalue weighted by atomic mass is 16.3. The van der Waals surface area contributed by atoms with E-state index < -0.39 is 5.60 Å².